The van der Waals surface area contributed by atoms with E-state index in [0.29, 0.717) is 18.7 Å². The molecule has 214 valence electrons. The second kappa shape index (κ2) is 13.6. The summed E-state index contributed by atoms with van der Waals surface area (Å²) in [5.41, 5.74) is 5.16. The van der Waals surface area contributed by atoms with Gasteiger partial charge in [-0.15, -0.1) is 0 Å². The van der Waals surface area contributed by atoms with Gasteiger partial charge in [-0.25, -0.2) is 8.42 Å². The minimum absolute atomic E-state index is 0.0992. The Bertz CT molecular complexity index is 1430. The predicted molar refractivity (Wildman–Crippen MR) is 161 cm³/mol. The quantitative estimate of drug-likeness (QED) is 0.318. The Hall–Kier alpha value is -3.65. The molecule has 7 nitrogen and oxygen atoms in total. The van der Waals surface area contributed by atoms with Crippen LogP contribution in [-0.2, 0) is 26.2 Å². The number of sulfonamides is 1. The van der Waals surface area contributed by atoms with E-state index in [1.54, 1.807) is 36.4 Å². The van der Waals surface area contributed by atoms with Gasteiger partial charge in [-0.1, -0.05) is 67.4 Å². The van der Waals surface area contributed by atoms with Crippen LogP contribution in [0.15, 0.2) is 71.6 Å². The molecule has 0 aliphatic carbocycles. The van der Waals surface area contributed by atoms with E-state index in [-0.39, 0.29) is 17.3 Å². The molecule has 3 aromatic rings. The molecule has 1 atom stereocenters. The van der Waals surface area contributed by atoms with E-state index in [2.05, 4.69) is 5.32 Å². The van der Waals surface area contributed by atoms with Crippen LogP contribution < -0.4 is 9.62 Å². The number of amides is 2. The van der Waals surface area contributed by atoms with Crippen molar-refractivity contribution < 1.29 is 18.0 Å². The average molecular weight is 564 g/mol. The third-order valence-electron chi connectivity index (χ3n) is 7.04. The molecule has 0 aliphatic heterocycles. The van der Waals surface area contributed by atoms with Crippen LogP contribution in [0.1, 0.15) is 54.5 Å². The number of rotatable bonds is 12. The number of hydrogen-bond donors (Lipinski definition) is 1. The highest BCUT2D eigenvalue weighted by Crippen LogP contribution is 2.27. The fraction of sp³-hybridized carbons (Fsp3) is 0.375. The third-order valence-corrected chi connectivity index (χ3v) is 8.82. The van der Waals surface area contributed by atoms with Crippen LogP contribution in [-0.4, -0.2) is 44.3 Å². The highest BCUT2D eigenvalue weighted by molar-refractivity contribution is 7.92. The molecule has 1 N–H and O–H groups in total. The topological polar surface area (TPSA) is 86.8 Å². The smallest absolute Gasteiger partial charge is 0.264 e. The van der Waals surface area contributed by atoms with Crippen LogP contribution in [0, 0.1) is 27.7 Å². The Morgan fingerprint density at radius 3 is 2.15 bits per heavy atom. The number of carbonyl (C=O) groups excluding carboxylic acids is 2. The van der Waals surface area contributed by atoms with E-state index in [1.807, 2.05) is 71.9 Å². The van der Waals surface area contributed by atoms with Crippen molar-refractivity contribution in [1.82, 2.24) is 10.2 Å². The lowest BCUT2D eigenvalue weighted by atomic mass is 10.1. The number of aryl methyl sites for hydroxylation is 4. The summed E-state index contributed by atoms with van der Waals surface area (Å²) in [5.74, 6) is -0.696. The minimum atomic E-state index is -4.09. The summed E-state index contributed by atoms with van der Waals surface area (Å²) in [7, 11) is -4.09. The second-order valence-corrected chi connectivity index (χ2v) is 12.2. The Morgan fingerprint density at radius 2 is 1.55 bits per heavy atom. The largest absolute Gasteiger partial charge is 0.354 e. The van der Waals surface area contributed by atoms with Crippen LogP contribution >= 0.6 is 0 Å². The van der Waals surface area contributed by atoms with E-state index in [4.69, 9.17) is 0 Å². The summed E-state index contributed by atoms with van der Waals surface area (Å²) < 4.78 is 29.1. The molecule has 0 saturated heterocycles. The maximum absolute atomic E-state index is 14.1. The highest BCUT2D eigenvalue weighted by Gasteiger charge is 2.33. The normalized spacial score (nSPS) is 12.1. The molecule has 0 aliphatic rings. The number of carbonyl (C=O) groups is 2. The van der Waals surface area contributed by atoms with Crippen molar-refractivity contribution in [2.45, 2.75) is 71.9 Å². The summed E-state index contributed by atoms with van der Waals surface area (Å²) in [6, 6.07) is 19.0. The summed E-state index contributed by atoms with van der Waals surface area (Å²) in [5, 5.41) is 2.91. The average Bonchev–Trinajstić information content (AvgIpc) is 2.92. The highest BCUT2D eigenvalue weighted by atomic mass is 32.2. The van der Waals surface area contributed by atoms with Crippen LogP contribution in [0.5, 0.6) is 0 Å². The molecule has 0 aromatic heterocycles. The molecule has 0 saturated carbocycles. The first-order chi connectivity index (χ1) is 19.0. The minimum Gasteiger partial charge on any atom is -0.354 e. The van der Waals surface area contributed by atoms with E-state index in [1.165, 1.54) is 4.90 Å². The summed E-state index contributed by atoms with van der Waals surface area (Å²) in [6.07, 6.45) is 1.16. The van der Waals surface area contributed by atoms with Crippen LogP contribution in [0.25, 0.3) is 0 Å². The molecule has 0 heterocycles. The van der Waals surface area contributed by atoms with Crippen molar-refractivity contribution in [2.75, 3.05) is 17.4 Å². The van der Waals surface area contributed by atoms with Gasteiger partial charge in [0.2, 0.25) is 11.8 Å². The Balaban J connectivity index is 2.08. The molecule has 0 radical (unpaired) electrons. The lowest BCUT2D eigenvalue weighted by Crippen LogP contribution is -2.52. The predicted octanol–water partition coefficient (Wildman–Crippen LogP) is 5.45. The monoisotopic (exact) mass is 563 g/mol. The van der Waals surface area contributed by atoms with Gasteiger partial charge in [-0.3, -0.25) is 13.9 Å². The lowest BCUT2D eigenvalue weighted by Gasteiger charge is -2.33. The maximum atomic E-state index is 14.1. The molecule has 3 rings (SSSR count). The Labute approximate surface area is 239 Å². The fourth-order valence-electron chi connectivity index (χ4n) is 4.54. The number of nitrogens with one attached hydrogen (secondary N) is 1. The van der Waals surface area contributed by atoms with Crippen molar-refractivity contribution in [3.8, 4) is 0 Å². The third kappa shape index (κ3) is 7.50. The summed E-state index contributed by atoms with van der Waals surface area (Å²) >= 11 is 0. The second-order valence-electron chi connectivity index (χ2n) is 10.3. The fourth-order valence-corrected chi connectivity index (χ4v) is 5.95. The molecule has 0 fully saturated rings. The van der Waals surface area contributed by atoms with E-state index >= 15 is 0 Å². The lowest BCUT2D eigenvalue weighted by molar-refractivity contribution is -0.140. The zero-order valence-electron chi connectivity index (χ0n) is 24.4. The molecule has 8 heteroatoms. The molecule has 3 aromatic carbocycles. The van der Waals surface area contributed by atoms with Crippen LogP contribution in [0.3, 0.4) is 0 Å². The molecule has 1 unspecified atom stereocenters. The molecular weight excluding hydrogens is 522 g/mol. The summed E-state index contributed by atoms with van der Waals surface area (Å²) in [4.78, 5) is 28.9. The van der Waals surface area contributed by atoms with Gasteiger partial charge in [0.25, 0.3) is 10.0 Å². The van der Waals surface area contributed by atoms with Gasteiger partial charge in [0.05, 0.1) is 10.6 Å². The first kappa shape index (κ1) is 30.9. The molecule has 40 heavy (non-hydrogen) atoms. The maximum Gasteiger partial charge on any atom is 0.264 e. The van der Waals surface area contributed by atoms with Crippen molar-refractivity contribution in [2.24, 2.45) is 0 Å². The number of anilines is 1. The van der Waals surface area contributed by atoms with Gasteiger partial charge in [-0.2, -0.15) is 0 Å². The molecular formula is C32H41N3O4S. The molecule has 0 spiro atoms. The van der Waals surface area contributed by atoms with Crippen molar-refractivity contribution in [3.05, 3.63) is 94.5 Å². The van der Waals surface area contributed by atoms with Crippen molar-refractivity contribution in [3.63, 3.8) is 0 Å². The number of benzene rings is 3. The molecule has 0 bridgehead atoms. The number of nitrogens with zero attached hydrogens (tertiary/aromatic N) is 2. The van der Waals surface area contributed by atoms with E-state index < -0.39 is 28.5 Å². The van der Waals surface area contributed by atoms with Gasteiger partial charge in [0, 0.05) is 13.1 Å². The van der Waals surface area contributed by atoms with Gasteiger partial charge in [0.1, 0.15) is 12.6 Å². The Morgan fingerprint density at radius 1 is 0.850 bits per heavy atom. The SMILES string of the molecule is CCCNC(=O)C(CC)N(Cc1cccc(C)c1)C(=O)CN(c1ccc(C)c(C)c1)S(=O)(=O)c1ccc(C)cc1. The van der Waals surface area contributed by atoms with Gasteiger partial charge < -0.3 is 10.2 Å². The standard InChI is InChI=1S/C32H41N3O4S/c1-7-18-33-32(37)30(8-2)34(21-27-11-9-10-24(4)19-27)31(36)22-35(28-15-14-25(5)26(6)20-28)40(38,39)29-16-12-23(3)13-17-29/h9-17,19-20,30H,7-8,18,21-22H2,1-6H3,(H,33,37). The van der Waals surface area contributed by atoms with Crippen LogP contribution in [0.4, 0.5) is 5.69 Å². The van der Waals surface area contributed by atoms with Gasteiger partial charge >= 0.3 is 0 Å². The van der Waals surface area contributed by atoms with E-state index in [0.717, 1.165) is 38.5 Å². The van der Waals surface area contributed by atoms with Gasteiger partial charge in [0.15, 0.2) is 0 Å². The van der Waals surface area contributed by atoms with Crippen LogP contribution in [0.2, 0.25) is 0 Å². The zero-order chi connectivity index (χ0) is 29.4. The number of hydrogen-bond acceptors (Lipinski definition) is 4. The van der Waals surface area contributed by atoms with E-state index in [9.17, 15) is 18.0 Å². The Kier molecular flexibility index (Phi) is 10.5. The first-order valence-electron chi connectivity index (χ1n) is 13.8. The molecule has 2 amide bonds. The zero-order valence-corrected chi connectivity index (χ0v) is 25.2. The van der Waals surface area contributed by atoms with Crippen molar-refractivity contribution in [1.29, 1.82) is 0 Å². The van der Waals surface area contributed by atoms with Gasteiger partial charge in [-0.05, 0) is 81.5 Å². The van der Waals surface area contributed by atoms with Crippen molar-refractivity contribution >= 4 is 27.5 Å². The first-order valence-corrected chi connectivity index (χ1v) is 15.2. The summed E-state index contributed by atoms with van der Waals surface area (Å²) in [6.45, 7) is 11.8.